The van der Waals surface area contributed by atoms with Gasteiger partial charge in [-0.1, -0.05) is 79.6 Å². The summed E-state index contributed by atoms with van der Waals surface area (Å²) in [5.74, 6) is 0.266. The van der Waals surface area contributed by atoms with E-state index >= 15 is 0 Å². The summed E-state index contributed by atoms with van der Waals surface area (Å²) in [6.45, 7) is 6.90. The predicted molar refractivity (Wildman–Crippen MR) is 144 cm³/mol. The standard InChI is InChI=1S/C31H39N3O/c35-31(32-21-25-14-16-26(17-15-25)22-33-18-5-1-2-6-19-33)29-12-8-20-34(24-29)23-28-11-7-10-27-9-3-4-13-30(27)28/h3-4,7,9-11,13-17,29H,1-2,5-6,8,12,18-24H2,(H,32,35). The highest BCUT2D eigenvalue weighted by Gasteiger charge is 2.26. The van der Waals surface area contributed by atoms with Gasteiger partial charge in [0.15, 0.2) is 0 Å². The van der Waals surface area contributed by atoms with E-state index in [1.165, 1.54) is 66.2 Å². The number of nitrogens with one attached hydrogen (secondary N) is 1. The third-order valence-electron chi connectivity index (χ3n) is 7.74. The lowest BCUT2D eigenvalue weighted by atomic mass is 9.96. The fraction of sp³-hybridized carbons (Fsp3) is 0.452. The Labute approximate surface area is 210 Å². The van der Waals surface area contributed by atoms with Crippen LogP contribution in [0.15, 0.2) is 66.7 Å². The summed E-state index contributed by atoms with van der Waals surface area (Å²) in [6.07, 6.45) is 7.45. The van der Waals surface area contributed by atoms with E-state index in [0.29, 0.717) is 6.54 Å². The van der Waals surface area contributed by atoms with Crippen molar-refractivity contribution in [1.29, 1.82) is 0 Å². The summed E-state index contributed by atoms with van der Waals surface area (Å²) in [4.78, 5) is 18.0. The number of rotatable bonds is 7. The largest absolute Gasteiger partial charge is 0.352 e. The Bertz CT molecular complexity index is 1100. The molecule has 0 bridgehead atoms. The number of piperidine rings is 1. The lowest BCUT2D eigenvalue weighted by Gasteiger charge is -2.32. The minimum atomic E-state index is 0.0704. The van der Waals surface area contributed by atoms with Crippen molar-refractivity contribution in [1.82, 2.24) is 15.1 Å². The molecule has 0 aliphatic carbocycles. The van der Waals surface area contributed by atoms with Crippen LogP contribution in [0.3, 0.4) is 0 Å². The summed E-state index contributed by atoms with van der Waals surface area (Å²) >= 11 is 0. The van der Waals surface area contributed by atoms with Gasteiger partial charge in [-0.2, -0.15) is 0 Å². The van der Waals surface area contributed by atoms with E-state index in [-0.39, 0.29) is 11.8 Å². The van der Waals surface area contributed by atoms with Gasteiger partial charge in [0.1, 0.15) is 0 Å². The van der Waals surface area contributed by atoms with Crippen LogP contribution >= 0.6 is 0 Å². The van der Waals surface area contributed by atoms with Crippen LogP contribution in [0.1, 0.15) is 55.2 Å². The predicted octanol–water partition coefficient (Wildman–Crippen LogP) is 5.74. The van der Waals surface area contributed by atoms with Crippen LogP contribution in [0, 0.1) is 5.92 Å². The molecular weight excluding hydrogens is 430 g/mol. The zero-order valence-electron chi connectivity index (χ0n) is 20.9. The summed E-state index contributed by atoms with van der Waals surface area (Å²) in [7, 11) is 0. The summed E-state index contributed by atoms with van der Waals surface area (Å²) in [6, 6.07) is 24.0. The Balaban J connectivity index is 1.11. The Morgan fingerprint density at radius 2 is 1.46 bits per heavy atom. The van der Waals surface area contributed by atoms with E-state index in [0.717, 1.165) is 39.0 Å². The summed E-state index contributed by atoms with van der Waals surface area (Å²) in [5.41, 5.74) is 3.91. The average molecular weight is 470 g/mol. The van der Waals surface area contributed by atoms with Crippen LogP contribution < -0.4 is 5.32 Å². The minimum Gasteiger partial charge on any atom is -0.352 e. The molecule has 2 aliphatic rings. The van der Waals surface area contributed by atoms with Crippen molar-refractivity contribution in [2.24, 2.45) is 5.92 Å². The number of fused-ring (bicyclic) bond motifs is 1. The van der Waals surface area contributed by atoms with Crippen molar-refractivity contribution in [2.45, 2.75) is 58.2 Å². The maximum atomic E-state index is 13.0. The highest BCUT2D eigenvalue weighted by molar-refractivity contribution is 5.85. The molecule has 0 radical (unpaired) electrons. The quantitative estimate of drug-likeness (QED) is 0.479. The molecule has 2 fully saturated rings. The number of hydrogen-bond acceptors (Lipinski definition) is 3. The zero-order valence-corrected chi connectivity index (χ0v) is 20.9. The monoisotopic (exact) mass is 469 g/mol. The molecule has 1 amide bonds. The van der Waals surface area contributed by atoms with Crippen molar-refractivity contribution in [3.63, 3.8) is 0 Å². The molecule has 1 unspecified atom stereocenters. The average Bonchev–Trinajstić information content (AvgIpc) is 3.17. The third-order valence-corrected chi connectivity index (χ3v) is 7.74. The molecule has 0 aromatic heterocycles. The maximum Gasteiger partial charge on any atom is 0.224 e. The van der Waals surface area contributed by atoms with Crippen LogP contribution in [0.2, 0.25) is 0 Å². The second-order valence-corrected chi connectivity index (χ2v) is 10.4. The zero-order chi connectivity index (χ0) is 23.9. The molecule has 0 saturated carbocycles. The van der Waals surface area contributed by atoms with Crippen molar-refractivity contribution in [2.75, 3.05) is 26.2 Å². The molecule has 3 aromatic carbocycles. The van der Waals surface area contributed by atoms with Gasteiger partial charge in [-0.15, -0.1) is 0 Å². The molecule has 2 saturated heterocycles. The molecule has 184 valence electrons. The van der Waals surface area contributed by atoms with Gasteiger partial charge in [0.05, 0.1) is 5.92 Å². The fourth-order valence-electron chi connectivity index (χ4n) is 5.73. The van der Waals surface area contributed by atoms with E-state index in [9.17, 15) is 4.79 Å². The number of amides is 1. The second-order valence-electron chi connectivity index (χ2n) is 10.4. The van der Waals surface area contributed by atoms with Crippen molar-refractivity contribution >= 4 is 16.7 Å². The van der Waals surface area contributed by atoms with Gasteiger partial charge in [0.25, 0.3) is 0 Å². The Morgan fingerprint density at radius 1 is 0.743 bits per heavy atom. The maximum absolute atomic E-state index is 13.0. The van der Waals surface area contributed by atoms with Gasteiger partial charge >= 0.3 is 0 Å². The molecular formula is C31H39N3O. The fourth-order valence-corrected chi connectivity index (χ4v) is 5.73. The van der Waals surface area contributed by atoms with E-state index in [1.807, 2.05) is 0 Å². The van der Waals surface area contributed by atoms with Crippen molar-refractivity contribution < 1.29 is 4.79 Å². The van der Waals surface area contributed by atoms with Crippen LogP contribution in [0.5, 0.6) is 0 Å². The third kappa shape index (κ3) is 6.50. The molecule has 4 heteroatoms. The van der Waals surface area contributed by atoms with Gasteiger partial charge in [0, 0.05) is 26.2 Å². The lowest BCUT2D eigenvalue weighted by Crippen LogP contribution is -2.42. The number of likely N-dealkylation sites (tertiary alicyclic amines) is 2. The van der Waals surface area contributed by atoms with Gasteiger partial charge < -0.3 is 5.32 Å². The van der Waals surface area contributed by atoms with Crippen molar-refractivity contribution in [3.8, 4) is 0 Å². The first-order chi connectivity index (χ1) is 17.2. The molecule has 4 nitrogen and oxygen atoms in total. The molecule has 35 heavy (non-hydrogen) atoms. The van der Waals surface area contributed by atoms with Gasteiger partial charge in [0.2, 0.25) is 5.91 Å². The lowest BCUT2D eigenvalue weighted by molar-refractivity contribution is -0.126. The Kier molecular flexibility index (Phi) is 8.12. The summed E-state index contributed by atoms with van der Waals surface area (Å²) in [5, 5.41) is 5.82. The first-order valence-electron chi connectivity index (χ1n) is 13.5. The first kappa shape index (κ1) is 24.0. The first-order valence-corrected chi connectivity index (χ1v) is 13.5. The van der Waals surface area contributed by atoms with Gasteiger partial charge in [-0.3, -0.25) is 14.6 Å². The molecule has 2 aliphatic heterocycles. The molecule has 0 spiro atoms. The topological polar surface area (TPSA) is 35.6 Å². The normalized spacial score (nSPS) is 19.9. The molecule has 3 aromatic rings. The van der Waals surface area contributed by atoms with E-state index in [1.54, 1.807) is 0 Å². The summed E-state index contributed by atoms with van der Waals surface area (Å²) < 4.78 is 0. The number of carbonyl (C=O) groups excluding carboxylic acids is 1. The van der Waals surface area contributed by atoms with Crippen LogP contribution in [0.4, 0.5) is 0 Å². The van der Waals surface area contributed by atoms with Crippen molar-refractivity contribution in [3.05, 3.63) is 83.4 Å². The highest BCUT2D eigenvalue weighted by atomic mass is 16.1. The smallest absolute Gasteiger partial charge is 0.224 e. The molecule has 2 heterocycles. The van der Waals surface area contributed by atoms with Crippen LogP contribution in [0.25, 0.3) is 10.8 Å². The second kappa shape index (κ2) is 11.8. The minimum absolute atomic E-state index is 0.0704. The van der Waals surface area contributed by atoms with Crippen LogP contribution in [-0.2, 0) is 24.4 Å². The molecule has 5 rings (SSSR count). The number of nitrogens with zero attached hydrogens (tertiary/aromatic N) is 2. The van der Waals surface area contributed by atoms with E-state index < -0.39 is 0 Å². The van der Waals surface area contributed by atoms with Crippen LogP contribution in [-0.4, -0.2) is 41.9 Å². The van der Waals surface area contributed by atoms with E-state index in [2.05, 4.69) is 81.8 Å². The molecule has 1 atom stereocenters. The number of benzene rings is 3. The van der Waals surface area contributed by atoms with Gasteiger partial charge in [-0.05, 0) is 72.8 Å². The number of hydrogen-bond donors (Lipinski definition) is 1. The molecule has 1 N–H and O–H groups in total. The number of carbonyl (C=O) groups is 1. The van der Waals surface area contributed by atoms with E-state index in [4.69, 9.17) is 0 Å². The Morgan fingerprint density at radius 3 is 2.29 bits per heavy atom. The Hall–Kier alpha value is -2.69. The van der Waals surface area contributed by atoms with Gasteiger partial charge in [-0.25, -0.2) is 0 Å². The highest BCUT2D eigenvalue weighted by Crippen LogP contribution is 2.24. The SMILES string of the molecule is O=C(NCc1ccc(CN2CCCCCC2)cc1)C1CCCN(Cc2cccc3ccccc23)C1.